The van der Waals surface area contributed by atoms with Gasteiger partial charge in [-0.2, -0.15) is 4.98 Å². The molecule has 0 spiro atoms. The third-order valence-corrected chi connectivity index (χ3v) is 6.14. The summed E-state index contributed by atoms with van der Waals surface area (Å²) in [5, 5.41) is 3.09. The van der Waals surface area contributed by atoms with Gasteiger partial charge in [0.25, 0.3) is 5.91 Å². The average molecular weight is 423 g/mol. The molecule has 3 aromatic rings. The molecule has 1 aliphatic rings. The molecule has 8 nitrogen and oxygen atoms in total. The van der Waals surface area contributed by atoms with E-state index in [0.29, 0.717) is 28.7 Å². The zero-order chi connectivity index (χ0) is 21.6. The Balaban J connectivity index is 1.72. The third kappa shape index (κ3) is 3.48. The van der Waals surface area contributed by atoms with Crippen molar-refractivity contribution < 1.29 is 13.2 Å². The first kappa shape index (κ1) is 19.8. The number of fused-ring (bicyclic) bond motifs is 2. The summed E-state index contributed by atoms with van der Waals surface area (Å²) >= 11 is 0. The lowest BCUT2D eigenvalue weighted by Crippen LogP contribution is -2.25. The molecule has 9 heteroatoms. The Morgan fingerprint density at radius 1 is 0.967 bits per heavy atom. The number of carbonyl (C=O) groups is 1. The fourth-order valence-electron chi connectivity index (χ4n) is 3.34. The van der Waals surface area contributed by atoms with Gasteiger partial charge in [0.2, 0.25) is 5.95 Å². The van der Waals surface area contributed by atoms with Crippen molar-refractivity contribution in [2.75, 3.05) is 35.5 Å². The topological polar surface area (TPSA) is 95.5 Å². The van der Waals surface area contributed by atoms with Crippen LogP contribution < -0.4 is 15.1 Å². The number of benzene rings is 2. The first-order valence-electron chi connectivity index (χ1n) is 9.22. The highest BCUT2D eigenvalue weighted by atomic mass is 32.2. The second-order valence-electron chi connectivity index (χ2n) is 7.27. The van der Waals surface area contributed by atoms with Gasteiger partial charge in [0, 0.05) is 26.0 Å². The Bertz CT molecular complexity index is 1260. The minimum Gasteiger partial charge on any atom is -0.327 e. The fraction of sp³-hybridized carbons (Fsp3) is 0.190. The molecule has 0 saturated carbocycles. The van der Waals surface area contributed by atoms with Crippen molar-refractivity contribution in [3.8, 4) is 0 Å². The molecule has 0 fully saturated rings. The van der Waals surface area contributed by atoms with Crippen LogP contribution in [0.4, 0.5) is 28.8 Å². The predicted octanol–water partition coefficient (Wildman–Crippen LogP) is 3.29. The van der Waals surface area contributed by atoms with Crippen LogP contribution in [0.15, 0.2) is 53.6 Å². The maximum atomic E-state index is 13.0. The normalized spacial score (nSPS) is 13.5. The molecule has 4 rings (SSSR count). The lowest BCUT2D eigenvalue weighted by atomic mass is 10.1. The molecule has 1 N–H and O–H groups in total. The molecule has 0 bridgehead atoms. The molecule has 2 aromatic carbocycles. The summed E-state index contributed by atoms with van der Waals surface area (Å²) in [6.07, 6.45) is 2.76. The molecule has 0 unspecified atom stereocenters. The molecule has 2 heterocycles. The number of nitrogens with one attached hydrogen (secondary N) is 1. The number of anilines is 5. The molecule has 0 saturated heterocycles. The number of sulfone groups is 1. The van der Waals surface area contributed by atoms with Crippen molar-refractivity contribution in [2.24, 2.45) is 0 Å². The standard InChI is InChI=1S/C21H21N5O3S/c1-13-5-10-17-16(11-13)20(27)26(3)18-12-22-21(24-19(18)25(17)2)23-14-6-8-15(9-7-14)30(4,28)29/h5-12H,1-4H3,(H,22,23,24). The summed E-state index contributed by atoms with van der Waals surface area (Å²) in [4.78, 5) is 25.6. The first-order chi connectivity index (χ1) is 14.1. The predicted molar refractivity (Wildman–Crippen MR) is 117 cm³/mol. The smallest absolute Gasteiger partial charge is 0.260 e. The van der Waals surface area contributed by atoms with Crippen LogP contribution in [-0.2, 0) is 9.84 Å². The number of nitrogens with zero attached hydrogens (tertiary/aromatic N) is 4. The molecule has 1 aromatic heterocycles. The van der Waals surface area contributed by atoms with Crippen LogP contribution >= 0.6 is 0 Å². The van der Waals surface area contributed by atoms with Crippen molar-refractivity contribution in [2.45, 2.75) is 11.8 Å². The number of carbonyl (C=O) groups excluding carboxylic acids is 1. The van der Waals surface area contributed by atoms with E-state index in [1.165, 1.54) is 12.1 Å². The van der Waals surface area contributed by atoms with E-state index in [1.807, 2.05) is 37.1 Å². The number of hydrogen-bond donors (Lipinski definition) is 1. The quantitative estimate of drug-likeness (QED) is 0.691. The van der Waals surface area contributed by atoms with E-state index < -0.39 is 9.84 Å². The van der Waals surface area contributed by atoms with E-state index in [2.05, 4.69) is 15.3 Å². The van der Waals surface area contributed by atoms with Gasteiger partial charge in [-0.15, -0.1) is 0 Å². The fourth-order valence-corrected chi connectivity index (χ4v) is 3.97. The van der Waals surface area contributed by atoms with Gasteiger partial charge < -0.3 is 15.1 Å². The summed E-state index contributed by atoms with van der Waals surface area (Å²) < 4.78 is 23.3. The maximum absolute atomic E-state index is 13.0. The first-order valence-corrected chi connectivity index (χ1v) is 11.1. The van der Waals surface area contributed by atoms with Crippen molar-refractivity contribution in [3.05, 3.63) is 59.8 Å². The van der Waals surface area contributed by atoms with Crippen LogP contribution in [-0.4, -0.2) is 44.6 Å². The van der Waals surface area contributed by atoms with Gasteiger partial charge in [0.1, 0.15) is 5.69 Å². The molecular formula is C21H21N5O3S. The molecule has 0 atom stereocenters. The number of hydrogen-bond acceptors (Lipinski definition) is 7. The highest BCUT2D eigenvalue weighted by Crippen LogP contribution is 2.38. The van der Waals surface area contributed by atoms with Gasteiger partial charge in [0.05, 0.1) is 22.3 Å². The van der Waals surface area contributed by atoms with Crippen LogP contribution in [0.1, 0.15) is 15.9 Å². The van der Waals surface area contributed by atoms with E-state index in [4.69, 9.17) is 0 Å². The molecule has 154 valence electrons. The Morgan fingerprint density at radius 3 is 2.33 bits per heavy atom. The van der Waals surface area contributed by atoms with Gasteiger partial charge in [-0.25, -0.2) is 13.4 Å². The maximum Gasteiger partial charge on any atom is 0.260 e. The highest BCUT2D eigenvalue weighted by Gasteiger charge is 2.29. The van der Waals surface area contributed by atoms with E-state index in [-0.39, 0.29) is 10.8 Å². The summed E-state index contributed by atoms with van der Waals surface area (Å²) in [7, 11) is 0.298. The van der Waals surface area contributed by atoms with Crippen molar-refractivity contribution in [3.63, 3.8) is 0 Å². The third-order valence-electron chi connectivity index (χ3n) is 5.02. The summed E-state index contributed by atoms with van der Waals surface area (Å²) in [5.74, 6) is 0.794. The number of aryl methyl sites for hydroxylation is 1. The molecule has 30 heavy (non-hydrogen) atoms. The van der Waals surface area contributed by atoms with Crippen molar-refractivity contribution in [1.82, 2.24) is 9.97 Å². The molecule has 1 amide bonds. The lowest BCUT2D eigenvalue weighted by molar-refractivity contribution is 0.0994. The largest absolute Gasteiger partial charge is 0.327 e. The minimum atomic E-state index is -3.26. The van der Waals surface area contributed by atoms with Gasteiger partial charge in [0.15, 0.2) is 15.7 Å². The number of aromatic nitrogens is 2. The van der Waals surface area contributed by atoms with Crippen LogP contribution in [0.3, 0.4) is 0 Å². The van der Waals surface area contributed by atoms with Gasteiger partial charge in [-0.3, -0.25) is 4.79 Å². The zero-order valence-electron chi connectivity index (χ0n) is 17.0. The van der Waals surface area contributed by atoms with Crippen LogP contribution in [0.2, 0.25) is 0 Å². The van der Waals surface area contributed by atoms with Gasteiger partial charge in [-0.05, 0) is 43.3 Å². The van der Waals surface area contributed by atoms with Crippen LogP contribution in [0, 0.1) is 6.92 Å². The Kier molecular flexibility index (Phi) is 4.70. The van der Waals surface area contributed by atoms with Crippen LogP contribution in [0.5, 0.6) is 0 Å². The monoisotopic (exact) mass is 423 g/mol. The lowest BCUT2D eigenvalue weighted by Gasteiger charge is -2.21. The van der Waals surface area contributed by atoms with Crippen LogP contribution in [0.25, 0.3) is 0 Å². The minimum absolute atomic E-state index is 0.125. The Labute approximate surface area is 175 Å². The summed E-state index contributed by atoms with van der Waals surface area (Å²) in [6, 6.07) is 12.1. The number of amides is 1. The van der Waals surface area contributed by atoms with E-state index in [1.54, 1.807) is 30.3 Å². The Morgan fingerprint density at radius 2 is 1.67 bits per heavy atom. The average Bonchev–Trinajstić information content (AvgIpc) is 2.78. The second kappa shape index (κ2) is 7.10. The van der Waals surface area contributed by atoms with E-state index >= 15 is 0 Å². The van der Waals surface area contributed by atoms with Crippen molar-refractivity contribution >= 4 is 44.6 Å². The highest BCUT2D eigenvalue weighted by molar-refractivity contribution is 7.90. The SMILES string of the molecule is Cc1ccc2c(c1)C(=O)N(C)c1cnc(Nc3ccc(S(C)(=O)=O)cc3)nc1N2C. The van der Waals surface area contributed by atoms with Gasteiger partial charge >= 0.3 is 0 Å². The summed E-state index contributed by atoms with van der Waals surface area (Å²) in [6.45, 7) is 1.95. The molecule has 1 aliphatic heterocycles. The molecule has 0 aliphatic carbocycles. The second-order valence-corrected chi connectivity index (χ2v) is 9.28. The molecule has 0 radical (unpaired) electrons. The Hall–Kier alpha value is -3.46. The van der Waals surface area contributed by atoms with E-state index in [9.17, 15) is 13.2 Å². The molecular weight excluding hydrogens is 402 g/mol. The van der Waals surface area contributed by atoms with Crippen molar-refractivity contribution in [1.29, 1.82) is 0 Å². The zero-order valence-corrected chi connectivity index (χ0v) is 17.9. The van der Waals surface area contributed by atoms with E-state index in [0.717, 1.165) is 17.5 Å². The van der Waals surface area contributed by atoms with Gasteiger partial charge in [-0.1, -0.05) is 11.6 Å². The number of rotatable bonds is 3. The summed E-state index contributed by atoms with van der Waals surface area (Å²) in [5.41, 5.74) is 3.61.